The van der Waals surface area contributed by atoms with Gasteiger partial charge < -0.3 is 0 Å². The van der Waals surface area contributed by atoms with Gasteiger partial charge in [-0.15, -0.1) is 0 Å². The van der Waals surface area contributed by atoms with Gasteiger partial charge in [-0.1, -0.05) is 60.7 Å². The van der Waals surface area contributed by atoms with E-state index in [0.29, 0.717) is 5.56 Å². The van der Waals surface area contributed by atoms with E-state index in [9.17, 15) is 13.2 Å². The average molecular weight is 260 g/mol. The Hall–Kier alpha value is -2.29. The van der Waals surface area contributed by atoms with Crippen LogP contribution in [0.25, 0.3) is 11.6 Å². The fourth-order valence-electron chi connectivity index (χ4n) is 1.71. The summed E-state index contributed by atoms with van der Waals surface area (Å²) in [6, 6.07) is 16.3. The molecule has 0 N–H and O–H groups in total. The van der Waals surface area contributed by atoms with Gasteiger partial charge in [0.05, 0.1) is 5.57 Å². The normalized spacial score (nSPS) is 11.2. The maximum atomic E-state index is 14.0. The van der Waals surface area contributed by atoms with E-state index in [1.54, 1.807) is 48.5 Å². The molecule has 96 valence electrons. The van der Waals surface area contributed by atoms with Crippen molar-refractivity contribution in [1.29, 1.82) is 0 Å². The van der Waals surface area contributed by atoms with Crippen molar-refractivity contribution in [3.05, 3.63) is 83.7 Å². The van der Waals surface area contributed by atoms with Crippen molar-refractivity contribution in [2.24, 2.45) is 0 Å². The van der Waals surface area contributed by atoms with E-state index in [2.05, 4.69) is 0 Å². The summed E-state index contributed by atoms with van der Waals surface area (Å²) in [7, 11) is 0. The Balaban J connectivity index is 2.43. The number of allylic oxidation sites excluding steroid dienone is 2. The molecule has 3 heteroatoms. The lowest BCUT2D eigenvalue weighted by molar-refractivity contribution is 0.423. The first kappa shape index (κ1) is 13.1. The first-order valence-corrected chi connectivity index (χ1v) is 5.72. The van der Waals surface area contributed by atoms with Gasteiger partial charge in [-0.05, 0) is 17.2 Å². The minimum Gasteiger partial charge on any atom is -0.206 e. The second kappa shape index (κ2) is 6.05. The summed E-state index contributed by atoms with van der Waals surface area (Å²) in [5.41, 5.74) is 0.0336. The number of hydrogen-bond donors (Lipinski definition) is 0. The number of halogens is 3. The number of rotatable bonds is 3. The molecule has 2 aromatic rings. The second-order valence-electron chi connectivity index (χ2n) is 3.90. The van der Waals surface area contributed by atoms with Crippen molar-refractivity contribution in [2.75, 3.05) is 0 Å². The van der Waals surface area contributed by atoms with Crippen LogP contribution in [0.15, 0.2) is 72.6 Å². The van der Waals surface area contributed by atoms with Gasteiger partial charge in [-0.25, -0.2) is 4.39 Å². The van der Waals surface area contributed by atoms with Gasteiger partial charge in [0.25, 0.3) is 6.08 Å². The molecule has 0 unspecified atom stereocenters. The third-order valence-corrected chi connectivity index (χ3v) is 2.58. The minimum atomic E-state index is -2.03. The van der Waals surface area contributed by atoms with E-state index in [1.807, 2.05) is 0 Å². The Bertz CT molecular complexity index is 594. The van der Waals surface area contributed by atoms with E-state index >= 15 is 0 Å². The molecule has 0 aliphatic rings. The Kier molecular flexibility index (Phi) is 4.18. The third kappa shape index (κ3) is 3.35. The van der Waals surface area contributed by atoms with Crippen molar-refractivity contribution in [3.63, 3.8) is 0 Å². The van der Waals surface area contributed by atoms with E-state index in [0.717, 1.165) is 6.08 Å². The van der Waals surface area contributed by atoms with Crippen LogP contribution in [0.5, 0.6) is 0 Å². The van der Waals surface area contributed by atoms with Crippen LogP contribution in [-0.2, 0) is 0 Å². The van der Waals surface area contributed by atoms with Crippen LogP contribution in [0.1, 0.15) is 11.1 Å². The molecular weight excluding hydrogens is 249 g/mol. The first-order valence-electron chi connectivity index (χ1n) is 5.72. The maximum Gasteiger partial charge on any atom is 0.281 e. The van der Waals surface area contributed by atoms with Gasteiger partial charge in [0.1, 0.15) is 5.83 Å². The highest BCUT2D eigenvalue weighted by Crippen LogP contribution is 2.30. The molecule has 0 amide bonds. The molecule has 0 aromatic heterocycles. The zero-order valence-corrected chi connectivity index (χ0v) is 9.98. The van der Waals surface area contributed by atoms with Crippen LogP contribution in [0.3, 0.4) is 0 Å². The van der Waals surface area contributed by atoms with Crippen molar-refractivity contribution >= 4 is 11.6 Å². The molecule has 0 aliphatic carbocycles. The van der Waals surface area contributed by atoms with E-state index in [4.69, 9.17) is 0 Å². The van der Waals surface area contributed by atoms with Crippen molar-refractivity contribution < 1.29 is 13.2 Å². The second-order valence-corrected chi connectivity index (χ2v) is 3.90. The molecule has 0 radical (unpaired) electrons. The van der Waals surface area contributed by atoms with Crippen molar-refractivity contribution in [3.8, 4) is 0 Å². The predicted octanol–water partition coefficient (Wildman–Crippen LogP) is 5.30. The first-order chi connectivity index (χ1) is 9.18. The Labute approximate surface area is 109 Å². The molecule has 0 bridgehead atoms. The lowest BCUT2D eigenvalue weighted by Crippen LogP contribution is -1.87. The highest BCUT2D eigenvalue weighted by atomic mass is 19.3. The number of benzene rings is 2. The van der Waals surface area contributed by atoms with Crippen LogP contribution in [0.4, 0.5) is 13.2 Å². The number of hydrogen-bond acceptors (Lipinski definition) is 0. The summed E-state index contributed by atoms with van der Waals surface area (Å²) in [5, 5.41) is 0. The summed E-state index contributed by atoms with van der Waals surface area (Å²) in [5.74, 6) is -0.947. The van der Waals surface area contributed by atoms with E-state index in [-0.39, 0.29) is 5.56 Å². The van der Waals surface area contributed by atoms with Gasteiger partial charge in [-0.3, -0.25) is 0 Å². The van der Waals surface area contributed by atoms with Crippen molar-refractivity contribution in [1.82, 2.24) is 0 Å². The standard InChI is InChI=1S/C16H11F3/c17-14(11-12-7-3-1-4-8-12)15(16(18)19)13-9-5-2-6-10-13/h1-11H/b14-11-. The van der Waals surface area contributed by atoms with Crippen LogP contribution >= 0.6 is 0 Å². The average Bonchev–Trinajstić information content (AvgIpc) is 2.40. The molecular formula is C16H11F3. The molecule has 0 aliphatic heterocycles. The highest BCUT2D eigenvalue weighted by Gasteiger charge is 2.14. The molecule has 0 nitrogen and oxygen atoms in total. The highest BCUT2D eigenvalue weighted by molar-refractivity contribution is 5.82. The third-order valence-electron chi connectivity index (χ3n) is 2.58. The lowest BCUT2D eigenvalue weighted by Gasteiger charge is -2.04. The van der Waals surface area contributed by atoms with E-state index < -0.39 is 17.5 Å². The molecule has 0 heterocycles. The van der Waals surface area contributed by atoms with Gasteiger partial charge in [0.15, 0.2) is 0 Å². The van der Waals surface area contributed by atoms with Gasteiger partial charge in [-0.2, -0.15) is 8.78 Å². The Morgan fingerprint density at radius 1 is 0.737 bits per heavy atom. The quantitative estimate of drug-likeness (QED) is 0.656. The molecule has 2 rings (SSSR count). The largest absolute Gasteiger partial charge is 0.281 e. The molecule has 2 aromatic carbocycles. The summed E-state index contributed by atoms with van der Waals surface area (Å²) >= 11 is 0. The van der Waals surface area contributed by atoms with E-state index in [1.165, 1.54) is 12.1 Å². The molecule has 19 heavy (non-hydrogen) atoms. The summed E-state index contributed by atoms with van der Waals surface area (Å²) in [4.78, 5) is 0. The molecule has 0 spiro atoms. The molecule has 0 fully saturated rings. The van der Waals surface area contributed by atoms with Crippen molar-refractivity contribution in [2.45, 2.75) is 0 Å². The fourth-order valence-corrected chi connectivity index (χ4v) is 1.71. The zero-order chi connectivity index (χ0) is 13.7. The lowest BCUT2D eigenvalue weighted by atomic mass is 10.0. The summed E-state index contributed by atoms with van der Waals surface area (Å²) < 4.78 is 39.9. The van der Waals surface area contributed by atoms with Gasteiger partial charge in [0.2, 0.25) is 0 Å². The monoisotopic (exact) mass is 260 g/mol. The SMILES string of the molecule is FC(F)=C(/C(F)=C/c1ccccc1)c1ccccc1. The maximum absolute atomic E-state index is 14.0. The Morgan fingerprint density at radius 2 is 1.26 bits per heavy atom. The zero-order valence-electron chi connectivity index (χ0n) is 9.98. The topological polar surface area (TPSA) is 0 Å². The van der Waals surface area contributed by atoms with Crippen LogP contribution < -0.4 is 0 Å². The van der Waals surface area contributed by atoms with Gasteiger partial charge >= 0.3 is 0 Å². The predicted molar refractivity (Wildman–Crippen MR) is 71.1 cm³/mol. The Morgan fingerprint density at radius 3 is 1.79 bits per heavy atom. The van der Waals surface area contributed by atoms with Crippen LogP contribution in [0.2, 0.25) is 0 Å². The van der Waals surface area contributed by atoms with Crippen LogP contribution in [0, 0.1) is 0 Å². The summed E-state index contributed by atoms with van der Waals surface area (Å²) in [6.45, 7) is 0. The van der Waals surface area contributed by atoms with Gasteiger partial charge in [0, 0.05) is 0 Å². The minimum absolute atomic E-state index is 0.159. The molecule has 0 saturated carbocycles. The molecule has 0 atom stereocenters. The fraction of sp³-hybridized carbons (Fsp3) is 0. The summed E-state index contributed by atoms with van der Waals surface area (Å²) in [6.07, 6.45) is -0.933. The molecule has 0 saturated heterocycles. The van der Waals surface area contributed by atoms with Crippen LogP contribution in [-0.4, -0.2) is 0 Å². The smallest absolute Gasteiger partial charge is 0.206 e.